The molecule has 0 aliphatic heterocycles. The van der Waals surface area contributed by atoms with Gasteiger partial charge in [-0.2, -0.15) is 5.26 Å². The smallest absolute Gasteiger partial charge is 0.195 e. The van der Waals surface area contributed by atoms with Crippen LogP contribution < -0.4 is 0 Å². The summed E-state index contributed by atoms with van der Waals surface area (Å²) in [6, 6.07) is 2.42. The van der Waals surface area contributed by atoms with Crippen LogP contribution in [0.25, 0.3) is 4.85 Å². The highest BCUT2D eigenvalue weighted by Gasteiger charge is 2.28. The van der Waals surface area contributed by atoms with Crippen molar-refractivity contribution in [2.24, 2.45) is 0 Å². The number of nitrogens with zero attached hydrogens (tertiary/aromatic N) is 2. The monoisotopic (exact) mass is 296 g/mol. The Labute approximate surface area is 136 Å². The van der Waals surface area contributed by atoms with Crippen LogP contribution in [0.2, 0.25) is 0 Å². The molecule has 22 heavy (non-hydrogen) atoms. The van der Waals surface area contributed by atoms with Crippen LogP contribution >= 0.6 is 0 Å². The molecule has 0 fully saturated rings. The van der Waals surface area contributed by atoms with Crippen molar-refractivity contribution in [2.45, 2.75) is 79.1 Å². The SMILES string of the molecule is [C-]#[N+]c1c(C(C)C)c(C#N)c(C(C)C)c(C(C)C)c1C(C)C. The molecule has 0 radical (unpaired) electrons. The molecule has 0 aliphatic carbocycles. The van der Waals surface area contributed by atoms with Gasteiger partial charge in [0, 0.05) is 5.56 Å². The van der Waals surface area contributed by atoms with Crippen molar-refractivity contribution in [2.75, 3.05) is 0 Å². The van der Waals surface area contributed by atoms with Crippen LogP contribution in [0, 0.1) is 17.9 Å². The molecule has 0 aliphatic rings. The second-order valence-corrected chi connectivity index (χ2v) is 7.22. The molecule has 2 heteroatoms. The first kappa shape index (κ1) is 18.2. The van der Waals surface area contributed by atoms with Crippen LogP contribution in [0.3, 0.4) is 0 Å². The van der Waals surface area contributed by atoms with Crippen molar-refractivity contribution in [3.8, 4) is 6.07 Å². The molecular weight excluding hydrogens is 268 g/mol. The largest absolute Gasteiger partial charge is 0.238 e. The average Bonchev–Trinajstić information content (AvgIpc) is 2.42. The summed E-state index contributed by atoms with van der Waals surface area (Å²) >= 11 is 0. The summed E-state index contributed by atoms with van der Waals surface area (Å²) in [7, 11) is 0. The van der Waals surface area contributed by atoms with Gasteiger partial charge in [-0.15, -0.1) is 0 Å². The van der Waals surface area contributed by atoms with E-state index < -0.39 is 0 Å². The second-order valence-electron chi connectivity index (χ2n) is 7.22. The van der Waals surface area contributed by atoms with Crippen molar-refractivity contribution in [1.82, 2.24) is 0 Å². The van der Waals surface area contributed by atoms with E-state index in [-0.39, 0.29) is 17.8 Å². The molecule has 0 saturated heterocycles. The minimum Gasteiger partial charge on any atom is -0.238 e. The normalized spacial score (nSPS) is 11.4. The van der Waals surface area contributed by atoms with Crippen LogP contribution in [-0.2, 0) is 0 Å². The summed E-state index contributed by atoms with van der Waals surface area (Å²) in [5, 5.41) is 9.80. The second kappa shape index (κ2) is 6.97. The molecule has 0 bridgehead atoms. The van der Waals surface area contributed by atoms with Gasteiger partial charge >= 0.3 is 0 Å². The van der Waals surface area contributed by atoms with Crippen molar-refractivity contribution in [3.63, 3.8) is 0 Å². The number of rotatable bonds is 4. The van der Waals surface area contributed by atoms with Gasteiger partial charge in [0.2, 0.25) is 0 Å². The van der Waals surface area contributed by atoms with E-state index in [4.69, 9.17) is 6.57 Å². The zero-order valence-electron chi connectivity index (χ0n) is 15.2. The van der Waals surface area contributed by atoms with Crippen LogP contribution in [0.1, 0.15) is 107 Å². The van der Waals surface area contributed by atoms with E-state index in [0.29, 0.717) is 5.92 Å². The Bertz CT molecular complexity index is 588. The summed E-state index contributed by atoms with van der Waals surface area (Å²) < 4.78 is 0. The minimum atomic E-state index is 0.176. The van der Waals surface area contributed by atoms with Crippen molar-refractivity contribution < 1.29 is 0 Å². The highest BCUT2D eigenvalue weighted by Crippen LogP contribution is 2.46. The molecule has 0 heterocycles. The Balaban J connectivity index is 4.18. The highest BCUT2D eigenvalue weighted by molar-refractivity contribution is 5.72. The van der Waals surface area contributed by atoms with Gasteiger partial charge in [0.05, 0.1) is 12.6 Å². The molecule has 0 aromatic heterocycles. The molecular formula is C20H28N2. The Morgan fingerprint density at radius 2 is 1.14 bits per heavy atom. The molecule has 0 spiro atoms. The lowest BCUT2D eigenvalue weighted by atomic mass is 9.76. The molecule has 2 nitrogen and oxygen atoms in total. The first-order chi connectivity index (χ1) is 10.2. The van der Waals surface area contributed by atoms with E-state index in [9.17, 15) is 5.26 Å². The van der Waals surface area contributed by atoms with Crippen molar-refractivity contribution in [3.05, 3.63) is 39.2 Å². The van der Waals surface area contributed by atoms with Gasteiger partial charge in [-0.25, -0.2) is 4.85 Å². The van der Waals surface area contributed by atoms with Gasteiger partial charge in [0.25, 0.3) is 0 Å². The summed E-state index contributed by atoms with van der Waals surface area (Å²) in [6.45, 7) is 24.8. The molecule has 1 rings (SSSR count). The molecule has 1 aromatic rings. The van der Waals surface area contributed by atoms with Gasteiger partial charge in [-0.05, 0) is 45.9 Å². The quantitative estimate of drug-likeness (QED) is 0.575. The molecule has 0 amide bonds. The molecule has 0 atom stereocenters. The lowest BCUT2D eigenvalue weighted by Gasteiger charge is -2.28. The topological polar surface area (TPSA) is 28.1 Å². The van der Waals surface area contributed by atoms with Gasteiger partial charge < -0.3 is 0 Å². The van der Waals surface area contributed by atoms with E-state index in [0.717, 1.165) is 27.9 Å². The van der Waals surface area contributed by atoms with E-state index in [2.05, 4.69) is 66.3 Å². The Morgan fingerprint density at radius 3 is 1.41 bits per heavy atom. The fourth-order valence-corrected chi connectivity index (χ4v) is 3.43. The van der Waals surface area contributed by atoms with Crippen LogP contribution in [0.5, 0.6) is 0 Å². The molecule has 118 valence electrons. The summed E-state index contributed by atoms with van der Waals surface area (Å²) in [5.41, 5.74) is 5.92. The van der Waals surface area contributed by atoms with Crippen LogP contribution in [0.15, 0.2) is 0 Å². The van der Waals surface area contributed by atoms with Gasteiger partial charge in [0.1, 0.15) is 0 Å². The minimum absolute atomic E-state index is 0.176. The number of hydrogen-bond acceptors (Lipinski definition) is 1. The number of nitriles is 1. The van der Waals surface area contributed by atoms with Gasteiger partial charge in [0.15, 0.2) is 5.69 Å². The molecule has 0 unspecified atom stereocenters. The van der Waals surface area contributed by atoms with Crippen LogP contribution in [-0.4, -0.2) is 0 Å². The first-order valence-electron chi connectivity index (χ1n) is 8.19. The highest BCUT2D eigenvalue weighted by atomic mass is 14.7. The maximum absolute atomic E-state index is 9.80. The predicted octanol–water partition coefficient (Wildman–Crippen LogP) is 6.60. The summed E-state index contributed by atoms with van der Waals surface area (Å²) in [5.74, 6) is 1.05. The maximum atomic E-state index is 9.80. The van der Waals surface area contributed by atoms with Gasteiger partial charge in [-0.1, -0.05) is 55.4 Å². The lowest BCUT2D eigenvalue weighted by Crippen LogP contribution is -2.12. The fourth-order valence-electron chi connectivity index (χ4n) is 3.43. The molecule has 1 aromatic carbocycles. The fraction of sp³-hybridized carbons (Fsp3) is 0.600. The zero-order chi connectivity index (χ0) is 17.2. The Morgan fingerprint density at radius 1 is 0.727 bits per heavy atom. The zero-order valence-corrected chi connectivity index (χ0v) is 15.2. The summed E-state index contributed by atoms with van der Waals surface area (Å²) in [6.07, 6.45) is 0. The third-order valence-electron chi connectivity index (χ3n) is 4.16. The summed E-state index contributed by atoms with van der Waals surface area (Å²) in [4.78, 5) is 3.86. The van der Waals surface area contributed by atoms with E-state index in [1.807, 2.05) is 0 Å². The Hall–Kier alpha value is -1.80. The van der Waals surface area contributed by atoms with E-state index >= 15 is 0 Å². The Kier molecular flexibility index (Phi) is 5.78. The standard InChI is InChI=1S/C20H28N2/c1-11(2)16-15(10-21)17(12(3)4)20(22-9)19(14(7)8)18(16)13(5)6/h11-14H,1-8H3. The molecule has 0 saturated carbocycles. The lowest BCUT2D eigenvalue weighted by molar-refractivity contribution is 0.738. The third-order valence-corrected chi connectivity index (χ3v) is 4.16. The van der Waals surface area contributed by atoms with Crippen LogP contribution in [0.4, 0.5) is 5.69 Å². The van der Waals surface area contributed by atoms with E-state index in [1.165, 1.54) is 5.56 Å². The average molecular weight is 296 g/mol. The third kappa shape index (κ3) is 3.02. The molecule has 0 N–H and O–H groups in total. The predicted molar refractivity (Wildman–Crippen MR) is 93.8 cm³/mol. The van der Waals surface area contributed by atoms with Crippen molar-refractivity contribution >= 4 is 5.69 Å². The first-order valence-corrected chi connectivity index (χ1v) is 8.19. The maximum Gasteiger partial charge on any atom is 0.195 e. The van der Waals surface area contributed by atoms with Gasteiger partial charge in [-0.3, -0.25) is 0 Å². The van der Waals surface area contributed by atoms with E-state index in [1.54, 1.807) is 0 Å². The number of hydrogen-bond donors (Lipinski definition) is 0. The van der Waals surface area contributed by atoms with Crippen molar-refractivity contribution in [1.29, 1.82) is 5.26 Å². The number of benzene rings is 1.